The van der Waals surface area contributed by atoms with E-state index in [2.05, 4.69) is 23.6 Å². The fourth-order valence-electron chi connectivity index (χ4n) is 3.90. The van der Waals surface area contributed by atoms with Crippen LogP contribution in [0.5, 0.6) is 0 Å². The molecule has 0 spiro atoms. The number of ether oxygens (including phenoxy) is 3. The normalized spacial score (nSPS) is 19.8. The first-order valence-electron chi connectivity index (χ1n) is 10.8. The third-order valence-electron chi connectivity index (χ3n) is 5.41. The van der Waals surface area contributed by atoms with Crippen LogP contribution >= 0.6 is 17.0 Å². The number of Topliss-reactive ketones (excluding diaryl/α,β-unsaturated/α-hetero) is 2. The third kappa shape index (κ3) is 5.14. The average Bonchev–Trinajstić information content (AvgIpc) is 3.37. The molecule has 0 N–H and O–H groups in total. The predicted octanol–water partition coefficient (Wildman–Crippen LogP) is 4.84. The molecule has 1 aliphatic heterocycles. The standard InChI is InChI=1S/C23H26N4O5P2/c1-4-16(28)20-21(32-23(2,3)31-20)19(29)15-10-27(13-30-11-14-8-6-5-7-9-14)18-17(15)24-12-25-22(18)26-34-33/h5-10,12,20-21H,4,11,13,33H2,1-3H3/t20-,21?/m1/s1. The molecular weight excluding hydrogens is 474 g/mol. The van der Waals surface area contributed by atoms with E-state index in [-0.39, 0.29) is 24.7 Å². The molecule has 1 fully saturated rings. The quantitative estimate of drug-likeness (QED) is 0.306. The lowest BCUT2D eigenvalue weighted by atomic mass is 10.00. The smallest absolute Gasteiger partial charge is 0.198 e. The predicted molar refractivity (Wildman–Crippen MR) is 131 cm³/mol. The Morgan fingerprint density at radius 2 is 1.94 bits per heavy atom. The lowest BCUT2D eigenvalue weighted by Gasteiger charge is -2.16. The number of ketones is 2. The molecule has 0 amide bonds. The number of benzene rings is 1. The Labute approximate surface area is 201 Å². The highest BCUT2D eigenvalue weighted by Gasteiger charge is 2.48. The number of hydrogen-bond donors (Lipinski definition) is 0. The molecule has 4 rings (SSSR count). The fraction of sp³-hybridized carbons (Fsp3) is 0.391. The van der Waals surface area contributed by atoms with Gasteiger partial charge in [-0.3, -0.25) is 9.59 Å². The van der Waals surface area contributed by atoms with Crippen LogP contribution in [0.4, 0.5) is 5.82 Å². The minimum atomic E-state index is -1.07. The van der Waals surface area contributed by atoms with Gasteiger partial charge in [-0.25, -0.2) is 14.7 Å². The molecule has 0 saturated carbocycles. The minimum Gasteiger partial charge on any atom is -0.356 e. The molecule has 3 aromatic rings. The Morgan fingerprint density at radius 1 is 1.21 bits per heavy atom. The number of fused-ring (bicyclic) bond motifs is 1. The largest absolute Gasteiger partial charge is 0.356 e. The molecule has 2 aromatic heterocycles. The van der Waals surface area contributed by atoms with Crippen molar-refractivity contribution in [3.8, 4) is 0 Å². The van der Waals surface area contributed by atoms with E-state index in [0.29, 0.717) is 37.1 Å². The molecule has 2 unspecified atom stereocenters. The van der Waals surface area contributed by atoms with Gasteiger partial charge in [0.2, 0.25) is 0 Å². The maximum Gasteiger partial charge on any atom is 0.198 e. The topological polar surface area (TPSA) is 105 Å². The van der Waals surface area contributed by atoms with E-state index in [0.717, 1.165) is 5.56 Å². The van der Waals surface area contributed by atoms with Gasteiger partial charge in [-0.1, -0.05) is 46.2 Å². The van der Waals surface area contributed by atoms with Crippen LogP contribution in [0.3, 0.4) is 0 Å². The van der Waals surface area contributed by atoms with Gasteiger partial charge in [0.05, 0.1) is 12.2 Å². The molecule has 1 saturated heterocycles. The van der Waals surface area contributed by atoms with Crippen molar-refractivity contribution < 1.29 is 23.8 Å². The Balaban J connectivity index is 1.70. The zero-order valence-corrected chi connectivity index (χ0v) is 21.2. The van der Waals surface area contributed by atoms with Crippen LogP contribution in [0.1, 0.15) is 43.1 Å². The van der Waals surface area contributed by atoms with E-state index in [9.17, 15) is 9.59 Å². The summed E-state index contributed by atoms with van der Waals surface area (Å²) in [6.45, 7) is 5.67. The van der Waals surface area contributed by atoms with E-state index in [1.54, 1.807) is 31.5 Å². The van der Waals surface area contributed by atoms with Gasteiger partial charge in [0.25, 0.3) is 0 Å². The van der Waals surface area contributed by atoms with Crippen molar-refractivity contribution in [3.63, 3.8) is 0 Å². The molecule has 1 aromatic carbocycles. The second-order valence-corrected chi connectivity index (χ2v) is 9.37. The van der Waals surface area contributed by atoms with E-state index in [4.69, 9.17) is 14.2 Å². The first-order chi connectivity index (χ1) is 16.3. The average molecular weight is 500 g/mol. The number of aromatic nitrogens is 3. The summed E-state index contributed by atoms with van der Waals surface area (Å²) in [5.74, 6) is -1.18. The zero-order valence-electron chi connectivity index (χ0n) is 19.2. The van der Waals surface area contributed by atoms with Crippen molar-refractivity contribution in [2.45, 2.75) is 58.5 Å². The highest BCUT2D eigenvalue weighted by Crippen LogP contribution is 2.35. The summed E-state index contributed by atoms with van der Waals surface area (Å²) in [6, 6.07) is 9.79. The van der Waals surface area contributed by atoms with Gasteiger partial charge in [0.1, 0.15) is 24.1 Å². The van der Waals surface area contributed by atoms with Crippen LogP contribution in [0.15, 0.2) is 47.6 Å². The zero-order chi connectivity index (χ0) is 24.3. The molecule has 34 heavy (non-hydrogen) atoms. The van der Waals surface area contributed by atoms with Crippen molar-refractivity contribution in [3.05, 3.63) is 54.0 Å². The highest BCUT2D eigenvalue weighted by molar-refractivity contribution is 7.97. The molecule has 0 aliphatic carbocycles. The van der Waals surface area contributed by atoms with Gasteiger partial charge in [-0.05, 0) is 19.4 Å². The van der Waals surface area contributed by atoms with Gasteiger partial charge in [0.15, 0.2) is 35.4 Å². The van der Waals surface area contributed by atoms with Gasteiger partial charge >= 0.3 is 0 Å². The molecule has 0 bridgehead atoms. The molecule has 1 aliphatic rings. The van der Waals surface area contributed by atoms with E-state index in [1.807, 2.05) is 30.3 Å². The van der Waals surface area contributed by atoms with E-state index < -0.39 is 18.0 Å². The Morgan fingerprint density at radius 3 is 2.65 bits per heavy atom. The highest BCUT2D eigenvalue weighted by atomic mass is 32.0. The van der Waals surface area contributed by atoms with Crippen LogP contribution in [-0.4, -0.2) is 44.1 Å². The second-order valence-electron chi connectivity index (χ2n) is 8.25. The van der Waals surface area contributed by atoms with Gasteiger partial charge in [0, 0.05) is 20.7 Å². The Bertz CT molecular complexity index is 1230. The number of carbonyl (C=O) groups is 2. The molecule has 3 heterocycles. The summed E-state index contributed by atoms with van der Waals surface area (Å²) in [5, 5.41) is 0. The maximum absolute atomic E-state index is 13.6. The van der Waals surface area contributed by atoms with Crippen LogP contribution in [0.2, 0.25) is 0 Å². The van der Waals surface area contributed by atoms with Crippen molar-refractivity contribution >= 4 is 45.4 Å². The second kappa shape index (κ2) is 10.5. The number of nitrogens with zero attached hydrogens (tertiary/aromatic N) is 4. The van der Waals surface area contributed by atoms with Crippen LogP contribution in [0, 0.1) is 0 Å². The fourth-order valence-corrected chi connectivity index (χ4v) is 4.49. The Kier molecular flexibility index (Phi) is 7.60. The van der Waals surface area contributed by atoms with Crippen LogP contribution in [-0.2, 0) is 32.3 Å². The number of hydrogen-bond acceptors (Lipinski definition) is 8. The number of carbonyl (C=O) groups excluding carboxylic acids is 2. The lowest BCUT2D eigenvalue weighted by Crippen LogP contribution is -2.37. The maximum atomic E-state index is 13.6. The third-order valence-corrected chi connectivity index (χ3v) is 6.06. The van der Waals surface area contributed by atoms with E-state index in [1.165, 1.54) is 6.33 Å². The first-order valence-corrected chi connectivity index (χ1v) is 13.3. The SMILES string of the molecule is CCC(=O)[C@H]1OC(C)(C)OC1C(=O)c1cn(COCc2ccccc2)c2c(N=PP)ncnc12. The summed E-state index contributed by atoms with van der Waals surface area (Å²) < 4.78 is 23.7. The summed E-state index contributed by atoms with van der Waals surface area (Å²) in [6.07, 6.45) is 1.22. The molecule has 9 nitrogen and oxygen atoms in total. The number of rotatable bonds is 9. The summed E-state index contributed by atoms with van der Waals surface area (Å²) in [4.78, 5) is 34.8. The van der Waals surface area contributed by atoms with E-state index >= 15 is 0 Å². The van der Waals surface area contributed by atoms with Gasteiger partial charge in [-0.15, -0.1) is 0 Å². The van der Waals surface area contributed by atoms with Gasteiger partial charge < -0.3 is 18.8 Å². The summed E-state index contributed by atoms with van der Waals surface area (Å²) in [7, 11) is 3.18. The lowest BCUT2D eigenvalue weighted by molar-refractivity contribution is -0.153. The Hall–Kier alpha value is -2.41. The molecule has 11 heteroatoms. The van der Waals surface area contributed by atoms with Crippen molar-refractivity contribution in [1.29, 1.82) is 0 Å². The van der Waals surface area contributed by atoms with Crippen molar-refractivity contribution in [1.82, 2.24) is 14.5 Å². The molecule has 0 radical (unpaired) electrons. The monoisotopic (exact) mass is 500 g/mol. The molecular formula is C23H26N4O5P2. The first kappa shape index (κ1) is 24.7. The van der Waals surface area contributed by atoms with Crippen LogP contribution in [0.25, 0.3) is 11.0 Å². The summed E-state index contributed by atoms with van der Waals surface area (Å²) in [5.41, 5.74) is 2.33. The van der Waals surface area contributed by atoms with Crippen LogP contribution < -0.4 is 0 Å². The molecule has 178 valence electrons. The van der Waals surface area contributed by atoms with Crippen molar-refractivity contribution in [2.24, 2.45) is 4.74 Å². The van der Waals surface area contributed by atoms with Gasteiger partial charge in [-0.2, -0.15) is 0 Å². The van der Waals surface area contributed by atoms with Crippen molar-refractivity contribution in [2.75, 3.05) is 0 Å². The summed E-state index contributed by atoms with van der Waals surface area (Å²) >= 11 is 0. The minimum absolute atomic E-state index is 0.160. The molecule has 3 atom stereocenters.